The number of pyridine rings is 1. The van der Waals surface area contributed by atoms with Gasteiger partial charge in [-0.05, 0) is 27.6 Å². The Bertz CT molecular complexity index is 415. The van der Waals surface area contributed by atoms with Crippen LogP contribution in [-0.2, 0) is 10.6 Å². The Morgan fingerprint density at radius 1 is 1.69 bits per heavy atom. The number of rotatable bonds is 3. The van der Waals surface area contributed by atoms with E-state index >= 15 is 0 Å². The molecule has 0 saturated carbocycles. The molecule has 16 heavy (non-hydrogen) atoms. The summed E-state index contributed by atoms with van der Waals surface area (Å²) in [5.41, 5.74) is -0.109. The zero-order valence-corrected chi connectivity index (χ0v) is 10.5. The topological polar surface area (TPSA) is 39.2 Å². The summed E-state index contributed by atoms with van der Waals surface area (Å²) in [6, 6.07) is 1.09. The fraction of sp³-hybridized carbons (Fsp3) is 0.333. The van der Waals surface area contributed by atoms with Gasteiger partial charge in [0.05, 0.1) is 12.7 Å². The highest BCUT2D eigenvalue weighted by atomic mass is 79.9. The highest BCUT2D eigenvalue weighted by Gasteiger charge is 2.20. The van der Waals surface area contributed by atoms with Crippen LogP contribution < -0.4 is 0 Å². The molecule has 0 amide bonds. The molecule has 3 nitrogen and oxygen atoms in total. The van der Waals surface area contributed by atoms with Gasteiger partial charge in [-0.1, -0.05) is 0 Å². The van der Waals surface area contributed by atoms with Gasteiger partial charge in [0, 0.05) is 5.88 Å². The van der Waals surface area contributed by atoms with Crippen LogP contribution in [0.2, 0.25) is 0 Å². The number of carbonyl (C=O) groups excluding carboxylic acids is 1. The van der Waals surface area contributed by atoms with E-state index in [1.165, 1.54) is 7.11 Å². The third kappa shape index (κ3) is 2.68. The maximum Gasteiger partial charge on any atom is 0.340 e. The second kappa shape index (κ2) is 5.54. The number of ether oxygens (including phenoxy) is 1. The first kappa shape index (κ1) is 13.3. The maximum atomic E-state index is 12.4. The molecule has 0 aromatic carbocycles. The van der Waals surface area contributed by atoms with Crippen molar-refractivity contribution < 1.29 is 18.3 Å². The van der Waals surface area contributed by atoms with Crippen LogP contribution in [-0.4, -0.2) is 18.1 Å². The molecule has 0 N–H and O–H groups in total. The lowest BCUT2D eigenvalue weighted by Crippen LogP contribution is -2.09. The van der Waals surface area contributed by atoms with Gasteiger partial charge in [-0.15, -0.1) is 11.6 Å². The zero-order valence-electron chi connectivity index (χ0n) is 8.14. The van der Waals surface area contributed by atoms with Crippen LogP contribution in [0.25, 0.3) is 0 Å². The normalized spacial score (nSPS) is 10.6. The zero-order chi connectivity index (χ0) is 12.3. The van der Waals surface area contributed by atoms with Crippen LogP contribution in [0.1, 0.15) is 28.0 Å². The number of hydrogen-bond donors (Lipinski definition) is 0. The lowest BCUT2D eigenvalue weighted by Gasteiger charge is -2.09. The van der Waals surface area contributed by atoms with Crippen molar-refractivity contribution in [1.29, 1.82) is 0 Å². The molecular formula is C9H7BrClF2NO2. The summed E-state index contributed by atoms with van der Waals surface area (Å²) in [5.74, 6) is -0.749. The van der Waals surface area contributed by atoms with Gasteiger partial charge in [-0.3, -0.25) is 0 Å². The van der Waals surface area contributed by atoms with Gasteiger partial charge in [-0.25, -0.2) is 18.6 Å². The quantitative estimate of drug-likeness (QED) is 0.488. The molecule has 7 heteroatoms. The fourth-order valence-electron chi connectivity index (χ4n) is 1.12. The minimum absolute atomic E-state index is 0.00722. The second-order valence-corrected chi connectivity index (χ2v) is 3.82. The van der Waals surface area contributed by atoms with Crippen LogP contribution in [0.15, 0.2) is 10.7 Å². The highest BCUT2D eigenvalue weighted by Crippen LogP contribution is 2.26. The SMILES string of the molecule is COC(=O)c1c(CCl)cc(C(F)F)nc1Br. The molecule has 0 radical (unpaired) electrons. The Morgan fingerprint density at radius 3 is 2.75 bits per heavy atom. The summed E-state index contributed by atoms with van der Waals surface area (Å²) in [6.45, 7) is 0. The molecule has 0 aliphatic carbocycles. The number of esters is 1. The van der Waals surface area contributed by atoms with E-state index in [2.05, 4.69) is 25.7 Å². The van der Waals surface area contributed by atoms with Gasteiger partial charge in [0.25, 0.3) is 6.43 Å². The molecule has 1 heterocycles. The average Bonchev–Trinajstić information content (AvgIpc) is 2.26. The van der Waals surface area contributed by atoms with Crippen LogP contribution in [0, 0.1) is 0 Å². The predicted octanol–water partition coefficient (Wildman–Crippen LogP) is 3.31. The van der Waals surface area contributed by atoms with Crippen molar-refractivity contribution in [2.75, 3.05) is 7.11 Å². The standard InChI is InChI=1S/C9H7BrClF2NO2/c1-16-9(15)6-4(3-11)2-5(8(12)13)14-7(6)10/h2,8H,3H2,1H3. The lowest BCUT2D eigenvalue weighted by molar-refractivity contribution is 0.0597. The van der Waals surface area contributed by atoms with E-state index in [0.29, 0.717) is 0 Å². The highest BCUT2D eigenvalue weighted by molar-refractivity contribution is 9.10. The maximum absolute atomic E-state index is 12.4. The van der Waals surface area contributed by atoms with E-state index in [1.54, 1.807) is 0 Å². The summed E-state index contributed by atoms with van der Waals surface area (Å²) in [4.78, 5) is 14.9. The Morgan fingerprint density at radius 2 is 2.31 bits per heavy atom. The summed E-state index contributed by atoms with van der Waals surface area (Å²) < 4.78 is 29.4. The Balaban J connectivity index is 3.34. The molecule has 0 aliphatic heterocycles. The van der Waals surface area contributed by atoms with Crippen molar-refractivity contribution in [3.05, 3.63) is 27.5 Å². The van der Waals surface area contributed by atoms with Gasteiger partial charge >= 0.3 is 5.97 Å². The van der Waals surface area contributed by atoms with Gasteiger partial charge < -0.3 is 4.74 Å². The molecule has 0 fully saturated rings. The Hall–Kier alpha value is -0.750. The van der Waals surface area contributed by atoms with Crippen molar-refractivity contribution >= 4 is 33.5 Å². The summed E-state index contributed by atoms with van der Waals surface area (Å²) in [5, 5.41) is 0. The van der Waals surface area contributed by atoms with Crippen LogP contribution in [0.4, 0.5) is 8.78 Å². The molecule has 0 saturated heterocycles. The molecule has 0 bridgehead atoms. The molecule has 1 aromatic heterocycles. The van der Waals surface area contributed by atoms with Crippen molar-refractivity contribution in [2.24, 2.45) is 0 Å². The Labute approximate surface area is 104 Å². The first-order valence-electron chi connectivity index (χ1n) is 4.13. The van der Waals surface area contributed by atoms with E-state index in [1.807, 2.05) is 0 Å². The molecule has 0 atom stereocenters. The summed E-state index contributed by atoms with van der Waals surface area (Å²) in [6.07, 6.45) is -2.72. The van der Waals surface area contributed by atoms with Gasteiger partial charge in [0.2, 0.25) is 0 Å². The molecule has 1 rings (SSSR count). The smallest absolute Gasteiger partial charge is 0.340 e. The van der Waals surface area contributed by atoms with E-state index in [4.69, 9.17) is 11.6 Å². The first-order chi connectivity index (χ1) is 7.51. The fourth-order valence-corrected chi connectivity index (χ4v) is 1.95. The number of hydrogen-bond acceptors (Lipinski definition) is 3. The average molecular weight is 315 g/mol. The van der Waals surface area contributed by atoms with Crippen LogP contribution in [0.5, 0.6) is 0 Å². The Kier molecular flexibility index (Phi) is 4.61. The monoisotopic (exact) mass is 313 g/mol. The van der Waals surface area contributed by atoms with Crippen molar-refractivity contribution in [2.45, 2.75) is 12.3 Å². The minimum atomic E-state index is -2.72. The number of methoxy groups -OCH3 is 1. The number of halogens is 4. The number of carbonyl (C=O) groups is 1. The van der Waals surface area contributed by atoms with E-state index in [0.717, 1.165) is 6.07 Å². The molecule has 0 aliphatic rings. The third-order valence-electron chi connectivity index (χ3n) is 1.83. The second-order valence-electron chi connectivity index (χ2n) is 2.80. The van der Waals surface area contributed by atoms with Crippen molar-refractivity contribution in [3.63, 3.8) is 0 Å². The van der Waals surface area contributed by atoms with E-state index < -0.39 is 18.1 Å². The lowest BCUT2D eigenvalue weighted by atomic mass is 10.1. The number of alkyl halides is 3. The number of nitrogens with zero attached hydrogens (tertiary/aromatic N) is 1. The van der Waals surface area contributed by atoms with Gasteiger partial charge in [-0.2, -0.15) is 0 Å². The number of aromatic nitrogens is 1. The first-order valence-corrected chi connectivity index (χ1v) is 5.45. The van der Waals surface area contributed by atoms with Crippen molar-refractivity contribution in [1.82, 2.24) is 4.98 Å². The molecule has 1 aromatic rings. The van der Waals surface area contributed by atoms with Crippen molar-refractivity contribution in [3.8, 4) is 0 Å². The van der Waals surface area contributed by atoms with Crippen LogP contribution in [0.3, 0.4) is 0 Å². The van der Waals surface area contributed by atoms with E-state index in [9.17, 15) is 13.6 Å². The third-order valence-corrected chi connectivity index (χ3v) is 2.70. The van der Waals surface area contributed by atoms with Gasteiger partial charge in [0.1, 0.15) is 10.3 Å². The van der Waals surface area contributed by atoms with Crippen LogP contribution >= 0.6 is 27.5 Å². The predicted molar refractivity (Wildman–Crippen MR) is 57.8 cm³/mol. The summed E-state index contributed by atoms with van der Waals surface area (Å²) in [7, 11) is 1.19. The molecular weight excluding hydrogens is 307 g/mol. The summed E-state index contributed by atoms with van der Waals surface area (Å²) >= 11 is 8.53. The molecule has 0 unspecified atom stereocenters. The molecule has 88 valence electrons. The largest absolute Gasteiger partial charge is 0.465 e. The minimum Gasteiger partial charge on any atom is -0.465 e. The molecule has 0 spiro atoms. The van der Waals surface area contributed by atoms with Gasteiger partial charge in [0.15, 0.2) is 0 Å². The van der Waals surface area contributed by atoms with E-state index in [-0.39, 0.29) is 21.6 Å².